The van der Waals surface area contributed by atoms with Crippen molar-refractivity contribution < 1.29 is 14.6 Å². The average molecular weight is 237 g/mol. The molecule has 0 unspecified atom stereocenters. The Hall–Kier alpha value is -1.55. The highest BCUT2D eigenvalue weighted by molar-refractivity contribution is 5.88. The van der Waals surface area contributed by atoms with Gasteiger partial charge in [-0.25, -0.2) is 4.79 Å². The molecule has 94 valence electrons. The van der Waals surface area contributed by atoms with Gasteiger partial charge in [-0.1, -0.05) is 0 Å². The van der Waals surface area contributed by atoms with Crippen LogP contribution in [-0.2, 0) is 4.74 Å². The fourth-order valence-electron chi connectivity index (χ4n) is 1.67. The van der Waals surface area contributed by atoms with Gasteiger partial charge in [-0.15, -0.1) is 0 Å². The Bertz CT molecular complexity index is 359. The molecule has 1 aromatic carbocycles. The van der Waals surface area contributed by atoms with Crippen LogP contribution in [0.3, 0.4) is 0 Å². The van der Waals surface area contributed by atoms with E-state index in [1.165, 1.54) is 0 Å². The molecule has 4 nitrogen and oxygen atoms in total. The van der Waals surface area contributed by atoms with E-state index in [-0.39, 0.29) is 0 Å². The lowest BCUT2D eigenvalue weighted by Crippen LogP contribution is -2.33. The summed E-state index contributed by atoms with van der Waals surface area (Å²) in [5.74, 6) is -0.899. The standard InChI is InChI=1S/C13H19NO3/c1-10(2)14(8-9-17-3)12-6-4-11(5-7-12)13(15)16/h4-7,10H,8-9H2,1-3H3,(H,15,16). The van der Waals surface area contributed by atoms with Crippen LogP contribution >= 0.6 is 0 Å². The zero-order valence-corrected chi connectivity index (χ0v) is 10.5. The van der Waals surface area contributed by atoms with Crippen LogP contribution in [-0.4, -0.2) is 37.4 Å². The van der Waals surface area contributed by atoms with Crippen molar-refractivity contribution in [1.29, 1.82) is 0 Å². The topological polar surface area (TPSA) is 49.8 Å². The Morgan fingerprint density at radius 3 is 2.35 bits per heavy atom. The first-order valence-corrected chi connectivity index (χ1v) is 5.65. The van der Waals surface area contributed by atoms with Crippen LogP contribution in [0.25, 0.3) is 0 Å². The fraction of sp³-hybridized carbons (Fsp3) is 0.462. The number of benzene rings is 1. The lowest BCUT2D eigenvalue weighted by molar-refractivity contribution is 0.0697. The second-order valence-corrected chi connectivity index (χ2v) is 4.13. The van der Waals surface area contributed by atoms with E-state index in [0.717, 1.165) is 12.2 Å². The summed E-state index contributed by atoms with van der Waals surface area (Å²) in [5.41, 5.74) is 1.33. The molecule has 0 aliphatic heterocycles. The van der Waals surface area contributed by atoms with E-state index in [0.29, 0.717) is 18.2 Å². The molecule has 1 N–H and O–H groups in total. The van der Waals surface area contributed by atoms with Crippen molar-refractivity contribution in [2.24, 2.45) is 0 Å². The summed E-state index contributed by atoms with van der Waals surface area (Å²) >= 11 is 0. The molecule has 0 saturated heterocycles. The third-order valence-corrected chi connectivity index (χ3v) is 2.61. The van der Waals surface area contributed by atoms with E-state index in [1.807, 2.05) is 12.1 Å². The predicted octanol–water partition coefficient (Wildman–Crippen LogP) is 2.25. The second-order valence-electron chi connectivity index (χ2n) is 4.13. The quantitative estimate of drug-likeness (QED) is 0.824. The first-order chi connectivity index (χ1) is 8.06. The minimum absolute atomic E-state index is 0.309. The van der Waals surface area contributed by atoms with Gasteiger partial charge in [0.15, 0.2) is 0 Å². The highest BCUT2D eigenvalue weighted by Crippen LogP contribution is 2.17. The van der Waals surface area contributed by atoms with Crippen molar-refractivity contribution in [2.45, 2.75) is 19.9 Å². The smallest absolute Gasteiger partial charge is 0.335 e. The van der Waals surface area contributed by atoms with Gasteiger partial charge in [-0.05, 0) is 38.1 Å². The lowest BCUT2D eigenvalue weighted by Gasteiger charge is -2.28. The molecule has 0 spiro atoms. The molecule has 0 aliphatic carbocycles. The number of nitrogens with zero attached hydrogens (tertiary/aromatic N) is 1. The molecule has 0 bridgehead atoms. The maximum absolute atomic E-state index is 10.8. The van der Waals surface area contributed by atoms with E-state index >= 15 is 0 Å². The summed E-state index contributed by atoms with van der Waals surface area (Å²) in [6.07, 6.45) is 0. The molecule has 4 heteroatoms. The number of carboxylic acids is 1. The summed E-state index contributed by atoms with van der Waals surface area (Å²) in [4.78, 5) is 12.9. The molecule has 0 radical (unpaired) electrons. The Balaban J connectivity index is 2.83. The summed E-state index contributed by atoms with van der Waals surface area (Å²) in [6.45, 7) is 5.64. The van der Waals surface area contributed by atoms with E-state index in [4.69, 9.17) is 9.84 Å². The molecule has 0 heterocycles. The number of ether oxygens (including phenoxy) is 1. The van der Waals surface area contributed by atoms with Gasteiger partial charge in [-0.2, -0.15) is 0 Å². The van der Waals surface area contributed by atoms with Crippen LogP contribution < -0.4 is 4.90 Å². The number of methoxy groups -OCH3 is 1. The number of hydrogen-bond donors (Lipinski definition) is 1. The van der Waals surface area contributed by atoms with Crippen LogP contribution in [0, 0.1) is 0 Å². The maximum atomic E-state index is 10.8. The largest absolute Gasteiger partial charge is 0.478 e. The van der Waals surface area contributed by atoms with E-state index in [9.17, 15) is 4.79 Å². The molecule has 0 aromatic heterocycles. The average Bonchev–Trinajstić information content (AvgIpc) is 2.29. The monoisotopic (exact) mass is 237 g/mol. The first-order valence-electron chi connectivity index (χ1n) is 5.65. The van der Waals surface area contributed by atoms with Gasteiger partial charge in [0, 0.05) is 25.4 Å². The highest BCUT2D eigenvalue weighted by atomic mass is 16.5. The summed E-state index contributed by atoms with van der Waals surface area (Å²) in [7, 11) is 1.67. The lowest BCUT2D eigenvalue weighted by atomic mass is 10.1. The number of aromatic carboxylic acids is 1. The van der Waals surface area contributed by atoms with Gasteiger partial charge in [0.25, 0.3) is 0 Å². The van der Waals surface area contributed by atoms with Gasteiger partial charge in [-0.3, -0.25) is 0 Å². The van der Waals surface area contributed by atoms with E-state index in [2.05, 4.69) is 18.7 Å². The molecular formula is C13H19NO3. The first kappa shape index (κ1) is 13.5. The molecule has 1 rings (SSSR count). The Morgan fingerprint density at radius 2 is 1.94 bits per heavy atom. The summed E-state index contributed by atoms with van der Waals surface area (Å²) < 4.78 is 5.07. The van der Waals surface area contributed by atoms with Crippen molar-refractivity contribution in [3.63, 3.8) is 0 Å². The van der Waals surface area contributed by atoms with Crippen molar-refractivity contribution in [2.75, 3.05) is 25.2 Å². The van der Waals surface area contributed by atoms with Gasteiger partial charge in [0.05, 0.1) is 12.2 Å². The molecule has 0 aliphatic rings. The predicted molar refractivity (Wildman–Crippen MR) is 67.8 cm³/mol. The summed E-state index contributed by atoms with van der Waals surface area (Å²) in [5, 5.41) is 8.83. The zero-order valence-electron chi connectivity index (χ0n) is 10.5. The van der Waals surface area contributed by atoms with Crippen LogP contribution in [0.5, 0.6) is 0 Å². The molecular weight excluding hydrogens is 218 g/mol. The second kappa shape index (κ2) is 6.25. The number of carbonyl (C=O) groups is 1. The van der Waals surface area contributed by atoms with Crippen molar-refractivity contribution in [3.05, 3.63) is 29.8 Å². The maximum Gasteiger partial charge on any atom is 0.335 e. The third-order valence-electron chi connectivity index (χ3n) is 2.61. The van der Waals surface area contributed by atoms with Crippen molar-refractivity contribution in [1.82, 2.24) is 0 Å². The number of carboxylic acid groups (broad SMARTS) is 1. The molecule has 1 aromatic rings. The van der Waals surface area contributed by atoms with Crippen LogP contribution in [0.15, 0.2) is 24.3 Å². The number of anilines is 1. The number of rotatable bonds is 6. The number of hydrogen-bond acceptors (Lipinski definition) is 3. The van der Waals surface area contributed by atoms with Crippen molar-refractivity contribution >= 4 is 11.7 Å². The van der Waals surface area contributed by atoms with E-state index < -0.39 is 5.97 Å². The minimum Gasteiger partial charge on any atom is -0.478 e. The van der Waals surface area contributed by atoms with Crippen LogP contribution in [0.4, 0.5) is 5.69 Å². The normalized spacial score (nSPS) is 10.6. The van der Waals surface area contributed by atoms with Crippen LogP contribution in [0.1, 0.15) is 24.2 Å². The molecule has 17 heavy (non-hydrogen) atoms. The van der Waals surface area contributed by atoms with Gasteiger partial charge in [0.1, 0.15) is 0 Å². The van der Waals surface area contributed by atoms with E-state index in [1.54, 1.807) is 19.2 Å². The van der Waals surface area contributed by atoms with Gasteiger partial charge >= 0.3 is 5.97 Å². The highest BCUT2D eigenvalue weighted by Gasteiger charge is 2.11. The van der Waals surface area contributed by atoms with Gasteiger partial charge in [0.2, 0.25) is 0 Å². The summed E-state index contributed by atoms with van der Waals surface area (Å²) in [6, 6.07) is 7.26. The van der Waals surface area contributed by atoms with Crippen molar-refractivity contribution in [3.8, 4) is 0 Å². The Labute approximate surface area is 102 Å². The zero-order chi connectivity index (χ0) is 12.8. The molecule has 0 atom stereocenters. The minimum atomic E-state index is -0.899. The van der Waals surface area contributed by atoms with Crippen LogP contribution in [0.2, 0.25) is 0 Å². The molecule has 0 fully saturated rings. The third kappa shape index (κ3) is 3.75. The van der Waals surface area contributed by atoms with Gasteiger partial charge < -0.3 is 14.7 Å². The SMILES string of the molecule is COCCN(c1ccc(C(=O)O)cc1)C(C)C. The fourth-order valence-corrected chi connectivity index (χ4v) is 1.67. The molecule has 0 saturated carbocycles. The Morgan fingerprint density at radius 1 is 1.35 bits per heavy atom. The molecule has 0 amide bonds. The Kier molecular flexibility index (Phi) is 4.97.